The zero-order valence-electron chi connectivity index (χ0n) is 23.2. The summed E-state index contributed by atoms with van der Waals surface area (Å²) < 4.78 is 11.4. The van der Waals surface area contributed by atoms with Crippen molar-refractivity contribution in [3.8, 4) is 11.5 Å². The van der Waals surface area contributed by atoms with Crippen LogP contribution < -0.4 is 14.8 Å². The molecule has 208 valence electrons. The number of aryl methyl sites for hydroxylation is 1. The van der Waals surface area contributed by atoms with E-state index in [4.69, 9.17) is 9.47 Å². The molecule has 3 heterocycles. The Balaban J connectivity index is 1.07. The molecule has 6 nitrogen and oxygen atoms in total. The molecule has 0 unspecified atom stereocenters. The molecule has 0 spiro atoms. The SMILES string of the molecule is O=C(CCCCCCCCCCCc1cccnc1)N[C@@H](Cc1ccc2c(c1)OCCO2)CN1CCCC1. The Morgan fingerprint density at radius 3 is 2.32 bits per heavy atom. The third-order valence-corrected chi connectivity index (χ3v) is 7.72. The van der Waals surface area contributed by atoms with Crippen molar-refractivity contribution in [1.82, 2.24) is 15.2 Å². The van der Waals surface area contributed by atoms with Crippen molar-refractivity contribution in [1.29, 1.82) is 0 Å². The van der Waals surface area contributed by atoms with Gasteiger partial charge in [0.15, 0.2) is 11.5 Å². The standard InChI is InChI=1S/C32H47N3O3/c36-32(15-9-7-5-3-1-2-4-6-8-13-27-14-12-18-33-25-27)34-29(26-35-19-10-11-20-35)23-28-16-17-30-31(24-28)38-22-21-37-30/h12,14,16-18,24-25,29H,1-11,13,15,19-23,26H2,(H,34,36)/t29-/m0/s1. The molecule has 1 aromatic carbocycles. The molecular weight excluding hydrogens is 474 g/mol. The number of carbonyl (C=O) groups excluding carboxylic acids is 1. The molecule has 1 fully saturated rings. The van der Waals surface area contributed by atoms with Gasteiger partial charge >= 0.3 is 0 Å². The van der Waals surface area contributed by atoms with Crippen molar-refractivity contribution in [2.45, 2.75) is 95.9 Å². The Labute approximate surface area is 229 Å². The van der Waals surface area contributed by atoms with Crippen molar-refractivity contribution in [2.75, 3.05) is 32.8 Å². The minimum absolute atomic E-state index is 0.126. The second-order valence-corrected chi connectivity index (χ2v) is 11.0. The van der Waals surface area contributed by atoms with Crippen molar-refractivity contribution in [3.63, 3.8) is 0 Å². The van der Waals surface area contributed by atoms with Gasteiger partial charge in [0, 0.05) is 31.4 Å². The van der Waals surface area contributed by atoms with Gasteiger partial charge in [-0.3, -0.25) is 9.78 Å². The van der Waals surface area contributed by atoms with Crippen LogP contribution in [-0.4, -0.2) is 54.7 Å². The molecule has 0 bridgehead atoms. The molecule has 0 radical (unpaired) electrons. The minimum Gasteiger partial charge on any atom is -0.486 e. The van der Waals surface area contributed by atoms with Crippen LogP contribution in [0, 0.1) is 0 Å². The van der Waals surface area contributed by atoms with Crippen LogP contribution in [0.2, 0.25) is 0 Å². The van der Waals surface area contributed by atoms with Gasteiger partial charge in [-0.05, 0) is 80.9 Å². The summed E-state index contributed by atoms with van der Waals surface area (Å²) in [4.78, 5) is 19.5. The van der Waals surface area contributed by atoms with E-state index in [1.165, 1.54) is 68.9 Å². The summed E-state index contributed by atoms with van der Waals surface area (Å²) in [5.74, 6) is 1.84. The maximum Gasteiger partial charge on any atom is 0.220 e. The van der Waals surface area contributed by atoms with Gasteiger partial charge in [-0.2, -0.15) is 0 Å². The monoisotopic (exact) mass is 521 g/mol. The van der Waals surface area contributed by atoms with Crippen LogP contribution in [0.3, 0.4) is 0 Å². The van der Waals surface area contributed by atoms with E-state index < -0.39 is 0 Å². The maximum absolute atomic E-state index is 12.8. The molecule has 38 heavy (non-hydrogen) atoms. The van der Waals surface area contributed by atoms with E-state index in [0.717, 1.165) is 56.8 Å². The first-order valence-electron chi connectivity index (χ1n) is 15.1. The lowest BCUT2D eigenvalue weighted by Crippen LogP contribution is -2.44. The highest BCUT2D eigenvalue weighted by molar-refractivity contribution is 5.76. The number of hydrogen-bond donors (Lipinski definition) is 1. The van der Waals surface area contributed by atoms with Crippen molar-refractivity contribution in [2.24, 2.45) is 0 Å². The average Bonchev–Trinajstić information content (AvgIpc) is 3.45. The normalized spacial score (nSPS) is 15.9. The first-order valence-corrected chi connectivity index (χ1v) is 15.1. The molecule has 1 saturated heterocycles. The van der Waals surface area contributed by atoms with Gasteiger partial charge < -0.3 is 19.7 Å². The Kier molecular flexibility index (Phi) is 12.2. The number of nitrogens with zero attached hydrogens (tertiary/aromatic N) is 2. The van der Waals surface area contributed by atoms with Crippen LogP contribution in [0.1, 0.15) is 88.2 Å². The van der Waals surface area contributed by atoms with E-state index in [-0.39, 0.29) is 11.9 Å². The third kappa shape index (κ3) is 10.3. The van der Waals surface area contributed by atoms with E-state index in [0.29, 0.717) is 19.6 Å². The van der Waals surface area contributed by atoms with E-state index >= 15 is 0 Å². The van der Waals surface area contributed by atoms with E-state index in [1.807, 2.05) is 24.5 Å². The summed E-state index contributed by atoms with van der Waals surface area (Å²) >= 11 is 0. The van der Waals surface area contributed by atoms with Crippen LogP contribution in [0.25, 0.3) is 0 Å². The highest BCUT2D eigenvalue weighted by Crippen LogP contribution is 2.31. The fourth-order valence-corrected chi connectivity index (χ4v) is 5.64. The van der Waals surface area contributed by atoms with Gasteiger partial charge in [-0.15, -0.1) is 0 Å². The summed E-state index contributed by atoms with van der Waals surface area (Å²) in [5, 5.41) is 3.36. The first kappa shape index (κ1) is 28.4. The smallest absolute Gasteiger partial charge is 0.220 e. The number of nitrogens with one attached hydrogen (secondary N) is 1. The summed E-state index contributed by atoms with van der Waals surface area (Å²) in [5.41, 5.74) is 2.54. The fourth-order valence-electron chi connectivity index (χ4n) is 5.64. The second-order valence-electron chi connectivity index (χ2n) is 11.0. The quantitative estimate of drug-likeness (QED) is 0.254. The lowest BCUT2D eigenvalue weighted by Gasteiger charge is -2.25. The Hall–Kier alpha value is -2.60. The maximum atomic E-state index is 12.8. The van der Waals surface area contributed by atoms with Crippen LogP contribution in [-0.2, 0) is 17.6 Å². The van der Waals surface area contributed by atoms with Gasteiger partial charge in [-0.1, -0.05) is 57.1 Å². The molecule has 6 heteroatoms. The van der Waals surface area contributed by atoms with E-state index in [9.17, 15) is 4.79 Å². The number of likely N-dealkylation sites (tertiary alicyclic amines) is 1. The Morgan fingerprint density at radius 2 is 1.58 bits per heavy atom. The number of hydrogen-bond acceptors (Lipinski definition) is 5. The van der Waals surface area contributed by atoms with Crippen molar-refractivity contribution in [3.05, 3.63) is 53.9 Å². The average molecular weight is 522 g/mol. The molecule has 2 aliphatic heterocycles. The molecule has 1 aromatic heterocycles. The minimum atomic E-state index is 0.126. The first-order chi connectivity index (χ1) is 18.8. The van der Waals surface area contributed by atoms with Crippen LogP contribution >= 0.6 is 0 Å². The lowest BCUT2D eigenvalue weighted by molar-refractivity contribution is -0.122. The number of carbonyl (C=O) groups is 1. The van der Waals surface area contributed by atoms with Gasteiger partial charge in [0.05, 0.1) is 0 Å². The number of ether oxygens (including phenoxy) is 2. The van der Waals surface area contributed by atoms with Gasteiger partial charge in [-0.25, -0.2) is 0 Å². The summed E-state index contributed by atoms with van der Waals surface area (Å²) in [6.45, 7) is 4.39. The highest BCUT2D eigenvalue weighted by atomic mass is 16.6. The van der Waals surface area contributed by atoms with Crippen molar-refractivity contribution < 1.29 is 14.3 Å². The second kappa shape index (κ2) is 16.4. The molecular formula is C32H47N3O3. The number of amides is 1. The molecule has 0 aliphatic carbocycles. The molecule has 2 aromatic rings. The number of benzene rings is 1. The molecule has 1 atom stereocenters. The Morgan fingerprint density at radius 1 is 0.868 bits per heavy atom. The van der Waals surface area contributed by atoms with Crippen LogP contribution in [0.4, 0.5) is 0 Å². The molecule has 0 saturated carbocycles. The number of aromatic nitrogens is 1. The van der Waals surface area contributed by atoms with E-state index in [2.05, 4.69) is 33.4 Å². The predicted molar refractivity (Wildman–Crippen MR) is 153 cm³/mol. The van der Waals surface area contributed by atoms with Crippen LogP contribution in [0.5, 0.6) is 11.5 Å². The van der Waals surface area contributed by atoms with Crippen LogP contribution in [0.15, 0.2) is 42.7 Å². The largest absolute Gasteiger partial charge is 0.486 e. The zero-order valence-corrected chi connectivity index (χ0v) is 23.2. The van der Waals surface area contributed by atoms with Gasteiger partial charge in [0.2, 0.25) is 5.91 Å². The number of unbranched alkanes of at least 4 members (excludes halogenated alkanes) is 8. The molecule has 1 N–H and O–H groups in total. The molecule has 2 aliphatic rings. The highest BCUT2D eigenvalue weighted by Gasteiger charge is 2.21. The fraction of sp³-hybridized carbons (Fsp3) is 0.625. The van der Waals surface area contributed by atoms with Crippen molar-refractivity contribution >= 4 is 5.91 Å². The zero-order chi connectivity index (χ0) is 26.3. The summed E-state index contributed by atoms with van der Waals surface area (Å²) in [7, 11) is 0. The molecule has 1 amide bonds. The van der Waals surface area contributed by atoms with E-state index in [1.54, 1.807) is 0 Å². The number of pyridine rings is 1. The summed E-state index contributed by atoms with van der Waals surface area (Å²) in [6, 6.07) is 10.5. The Bertz CT molecular complexity index is 946. The van der Waals surface area contributed by atoms with Gasteiger partial charge in [0.25, 0.3) is 0 Å². The number of fused-ring (bicyclic) bond motifs is 1. The lowest BCUT2D eigenvalue weighted by atomic mass is 10.0. The van der Waals surface area contributed by atoms with Gasteiger partial charge in [0.1, 0.15) is 13.2 Å². The molecule has 4 rings (SSSR count). The number of rotatable bonds is 17. The topological polar surface area (TPSA) is 63.7 Å². The summed E-state index contributed by atoms with van der Waals surface area (Å²) in [6.07, 6.45) is 20.1. The third-order valence-electron chi connectivity index (χ3n) is 7.72. The predicted octanol–water partition coefficient (Wildman–Crippen LogP) is 6.12.